The average Bonchev–Trinajstić information content (AvgIpc) is 3.40. The molecule has 3 saturated heterocycles. The molecule has 148 valence electrons. The third-order valence-corrected chi connectivity index (χ3v) is 6.69. The van der Waals surface area contributed by atoms with Crippen molar-refractivity contribution in [2.75, 3.05) is 52.5 Å². The molecule has 3 atom stereocenters. The highest BCUT2D eigenvalue weighted by atomic mass is 16.5. The van der Waals surface area contributed by atoms with E-state index in [1.54, 1.807) is 4.90 Å². The summed E-state index contributed by atoms with van der Waals surface area (Å²) in [6, 6.07) is 2.64. The largest absolute Gasteiger partial charge is 0.378 e. The number of nitrogens with two attached hydrogens (primary N) is 1. The first-order valence-corrected chi connectivity index (χ1v) is 10.3. The molecule has 0 aromatic rings. The smallest absolute Gasteiger partial charge is 0.320 e. The van der Waals surface area contributed by atoms with Crippen molar-refractivity contribution in [2.45, 2.75) is 37.8 Å². The lowest BCUT2D eigenvalue weighted by Gasteiger charge is -2.31. The number of ether oxygens (including phenoxy) is 1. The zero-order chi connectivity index (χ0) is 18.8. The molecule has 8 nitrogen and oxygen atoms in total. The number of rotatable bonds is 3. The van der Waals surface area contributed by atoms with E-state index in [0.29, 0.717) is 50.7 Å². The summed E-state index contributed by atoms with van der Waals surface area (Å²) in [6.45, 7) is 5.54. The maximum Gasteiger partial charge on any atom is 0.320 e. The Kier molecular flexibility index (Phi) is 5.50. The first-order valence-electron chi connectivity index (χ1n) is 10.3. The van der Waals surface area contributed by atoms with Gasteiger partial charge in [-0.1, -0.05) is 0 Å². The van der Waals surface area contributed by atoms with Crippen molar-refractivity contribution >= 4 is 11.9 Å². The molecule has 0 aromatic heterocycles. The second-order valence-corrected chi connectivity index (χ2v) is 8.35. The van der Waals surface area contributed by atoms with Gasteiger partial charge in [0.2, 0.25) is 0 Å². The summed E-state index contributed by atoms with van der Waals surface area (Å²) in [5, 5.41) is 11.3. The monoisotopic (exact) mass is 376 g/mol. The van der Waals surface area contributed by atoms with Gasteiger partial charge >= 0.3 is 6.03 Å². The highest BCUT2D eigenvalue weighted by Gasteiger charge is 2.45. The van der Waals surface area contributed by atoms with Crippen LogP contribution in [0, 0.1) is 23.2 Å². The molecule has 0 aromatic carbocycles. The van der Waals surface area contributed by atoms with Crippen LogP contribution in [-0.2, 0) is 9.53 Å². The zero-order valence-corrected chi connectivity index (χ0v) is 15.9. The highest BCUT2D eigenvalue weighted by molar-refractivity contribution is 5.78. The van der Waals surface area contributed by atoms with Gasteiger partial charge in [-0.05, 0) is 24.7 Å². The number of hydrogen-bond acceptors (Lipinski definition) is 4. The topological polar surface area (TPSA) is 93.5 Å². The molecule has 2 N–H and O–H groups in total. The Hall–Kier alpha value is -1.85. The minimum atomic E-state index is -0.228. The first kappa shape index (κ1) is 18.5. The quantitative estimate of drug-likeness (QED) is 0.700. The van der Waals surface area contributed by atoms with Crippen LogP contribution in [0.15, 0.2) is 0 Å². The number of carbonyl (C=O) groups excluding carboxylic acids is 2. The van der Waals surface area contributed by atoms with Crippen LogP contribution in [0.4, 0.5) is 4.79 Å². The average molecular weight is 376 g/mol. The van der Waals surface area contributed by atoms with E-state index in [1.165, 1.54) is 0 Å². The number of nitriles is 1. The summed E-state index contributed by atoms with van der Waals surface area (Å²) in [7, 11) is 0. The molecule has 4 rings (SSSR count). The van der Waals surface area contributed by atoms with Crippen LogP contribution in [0.5, 0.6) is 0 Å². The van der Waals surface area contributed by atoms with E-state index in [1.807, 2.05) is 9.80 Å². The van der Waals surface area contributed by atoms with Crippen LogP contribution in [0.2, 0.25) is 0 Å². The summed E-state index contributed by atoms with van der Waals surface area (Å²) in [4.78, 5) is 30.7. The van der Waals surface area contributed by atoms with E-state index in [2.05, 4.69) is 11.4 Å². The van der Waals surface area contributed by atoms with Gasteiger partial charge in [0.15, 0.2) is 6.54 Å². The van der Waals surface area contributed by atoms with Gasteiger partial charge in [-0.15, -0.1) is 0 Å². The molecule has 27 heavy (non-hydrogen) atoms. The maximum atomic E-state index is 12.6. The fraction of sp³-hybridized carbons (Fsp3) is 0.842. The van der Waals surface area contributed by atoms with Crippen molar-refractivity contribution in [3.63, 3.8) is 0 Å². The maximum absolute atomic E-state index is 12.6. The number of nitrogens with zero attached hydrogens (tertiary/aromatic N) is 4. The molecule has 0 spiro atoms. The Balaban J connectivity index is 1.21. The van der Waals surface area contributed by atoms with Crippen molar-refractivity contribution in [2.24, 2.45) is 11.8 Å². The van der Waals surface area contributed by atoms with E-state index in [0.717, 1.165) is 45.3 Å². The second-order valence-electron chi connectivity index (χ2n) is 8.35. The van der Waals surface area contributed by atoms with Gasteiger partial charge in [-0.3, -0.25) is 4.79 Å². The molecular weight excluding hydrogens is 346 g/mol. The molecule has 0 radical (unpaired) electrons. The molecule has 4 fully saturated rings. The number of quaternary nitrogens is 1. The lowest BCUT2D eigenvalue weighted by atomic mass is 10.0. The van der Waals surface area contributed by atoms with E-state index in [9.17, 15) is 9.59 Å². The Labute approximate surface area is 160 Å². The van der Waals surface area contributed by atoms with Crippen molar-refractivity contribution in [1.29, 1.82) is 5.26 Å². The molecule has 1 saturated carbocycles. The van der Waals surface area contributed by atoms with Crippen LogP contribution in [0.3, 0.4) is 0 Å². The van der Waals surface area contributed by atoms with Gasteiger partial charge in [-0.25, -0.2) is 4.79 Å². The summed E-state index contributed by atoms with van der Waals surface area (Å²) >= 11 is 0. The van der Waals surface area contributed by atoms with E-state index >= 15 is 0 Å². The number of carbonyl (C=O) groups is 2. The molecule has 3 aliphatic heterocycles. The summed E-state index contributed by atoms with van der Waals surface area (Å²) < 4.78 is 5.33. The van der Waals surface area contributed by atoms with Crippen molar-refractivity contribution < 1.29 is 19.6 Å². The Bertz CT molecular complexity index is 601. The van der Waals surface area contributed by atoms with Crippen LogP contribution < -0.4 is 5.32 Å². The second kappa shape index (κ2) is 8.03. The SMILES string of the molecule is N#CC1CCCN1C(=O)C[NH2+]C1CC2CN(C(=O)N3CCOCC3)CC2C1. The van der Waals surface area contributed by atoms with Crippen LogP contribution in [0.25, 0.3) is 0 Å². The molecule has 3 heterocycles. The van der Waals surface area contributed by atoms with Crippen LogP contribution >= 0.6 is 0 Å². The standard InChI is InChI=1S/C19H29N5O3/c20-10-17-2-1-3-24(17)18(25)11-21-16-8-14-12-23(13-15(14)9-16)19(26)22-4-6-27-7-5-22/h14-17,21H,1-9,11-13H2/p+1. The van der Waals surface area contributed by atoms with Crippen LogP contribution in [0.1, 0.15) is 25.7 Å². The van der Waals surface area contributed by atoms with Crippen molar-refractivity contribution in [3.05, 3.63) is 0 Å². The summed E-state index contributed by atoms with van der Waals surface area (Å²) in [6.07, 6.45) is 3.90. The van der Waals surface area contributed by atoms with Crippen LogP contribution in [-0.4, -0.2) is 91.2 Å². The third kappa shape index (κ3) is 3.90. The number of morpholine rings is 1. The van der Waals surface area contributed by atoms with Crippen molar-refractivity contribution in [1.82, 2.24) is 14.7 Å². The molecular formula is C19H30N5O3+. The first-order chi connectivity index (χ1) is 13.2. The highest BCUT2D eigenvalue weighted by Crippen LogP contribution is 2.37. The van der Waals surface area contributed by atoms with E-state index in [4.69, 9.17) is 10.00 Å². The summed E-state index contributed by atoms with van der Waals surface area (Å²) in [5.41, 5.74) is 0. The lowest BCUT2D eigenvalue weighted by molar-refractivity contribution is -0.679. The van der Waals surface area contributed by atoms with Gasteiger partial charge in [0.05, 0.1) is 25.3 Å². The molecule has 8 heteroatoms. The third-order valence-electron chi connectivity index (χ3n) is 6.69. The molecule has 4 aliphatic rings. The zero-order valence-electron chi connectivity index (χ0n) is 15.9. The van der Waals surface area contributed by atoms with Gasteiger partial charge in [0.25, 0.3) is 5.91 Å². The Morgan fingerprint density at radius 3 is 2.44 bits per heavy atom. The minimum Gasteiger partial charge on any atom is -0.378 e. The predicted octanol–water partition coefficient (Wildman–Crippen LogP) is -0.773. The fourth-order valence-electron chi connectivity index (χ4n) is 5.23. The summed E-state index contributed by atoms with van der Waals surface area (Å²) in [5.74, 6) is 1.22. The lowest BCUT2D eigenvalue weighted by Crippen LogP contribution is -2.91. The number of hydrogen-bond donors (Lipinski definition) is 1. The van der Waals surface area contributed by atoms with Gasteiger partial charge < -0.3 is 24.8 Å². The predicted molar refractivity (Wildman–Crippen MR) is 96.5 cm³/mol. The Morgan fingerprint density at radius 2 is 1.78 bits per heavy atom. The molecule has 3 unspecified atom stereocenters. The number of likely N-dealkylation sites (tertiary alicyclic amines) is 2. The van der Waals surface area contributed by atoms with E-state index < -0.39 is 0 Å². The molecule has 1 aliphatic carbocycles. The van der Waals surface area contributed by atoms with Crippen molar-refractivity contribution in [3.8, 4) is 6.07 Å². The van der Waals surface area contributed by atoms with Gasteiger partial charge in [-0.2, -0.15) is 5.26 Å². The molecule has 3 amide bonds. The Morgan fingerprint density at radius 1 is 1.07 bits per heavy atom. The fourth-order valence-corrected chi connectivity index (χ4v) is 5.23. The number of amides is 3. The van der Waals surface area contributed by atoms with Gasteiger partial charge in [0.1, 0.15) is 6.04 Å². The van der Waals surface area contributed by atoms with E-state index in [-0.39, 0.29) is 18.0 Å². The minimum absolute atomic E-state index is 0.0974. The normalized spacial score (nSPS) is 33.2. The molecule has 0 bridgehead atoms. The van der Waals surface area contributed by atoms with Gasteiger partial charge in [0, 0.05) is 45.6 Å². The number of urea groups is 1. The number of fused-ring (bicyclic) bond motifs is 1.